The number of carbonyl (C=O) groups is 4. The Labute approximate surface area is 273 Å². The molecule has 7 atom stereocenters. The van der Waals surface area contributed by atoms with Gasteiger partial charge < -0.3 is 24.1 Å². The van der Waals surface area contributed by atoms with Gasteiger partial charge in [0.2, 0.25) is 0 Å². The molecule has 46 heavy (non-hydrogen) atoms. The van der Waals surface area contributed by atoms with Crippen LogP contribution in [0.15, 0.2) is 37.0 Å². The van der Waals surface area contributed by atoms with E-state index in [1.54, 1.807) is 13.8 Å². The molecule has 1 saturated heterocycles. The monoisotopic (exact) mass is 640 g/mol. The van der Waals surface area contributed by atoms with Crippen LogP contribution in [0.5, 0.6) is 0 Å². The summed E-state index contributed by atoms with van der Waals surface area (Å²) < 4.78 is 21.8. The van der Waals surface area contributed by atoms with E-state index in [1.807, 2.05) is 0 Å². The first-order valence-corrected chi connectivity index (χ1v) is 17.2. The van der Waals surface area contributed by atoms with Crippen molar-refractivity contribution in [2.45, 2.75) is 140 Å². The molecule has 9 nitrogen and oxygen atoms in total. The van der Waals surface area contributed by atoms with Gasteiger partial charge in [-0.1, -0.05) is 33.1 Å². The van der Waals surface area contributed by atoms with Gasteiger partial charge in [0.15, 0.2) is 0 Å². The summed E-state index contributed by atoms with van der Waals surface area (Å²) in [7, 11) is 0. The maximum atomic E-state index is 11.7. The molecule has 8 fully saturated rings. The zero-order chi connectivity index (χ0) is 33.4. The van der Waals surface area contributed by atoms with E-state index in [0.29, 0.717) is 35.3 Å². The van der Waals surface area contributed by atoms with E-state index in [9.17, 15) is 24.3 Å². The predicted molar refractivity (Wildman–Crippen MR) is 170 cm³/mol. The van der Waals surface area contributed by atoms with Gasteiger partial charge in [-0.2, -0.15) is 0 Å². The summed E-state index contributed by atoms with van der Waals surface area (Å²) in [6.07, 6.45) is 14.7. The zero-order valence-corrected chi connectivity index (χ0v) is 27.9. The summed E-state index contributed by atoms with van der Waals surface area (Å²) in [4.78, 5) is 45.8. The second-order valence-corrected chi connectivity index (χ2v) is 15.3. The number of ether oxygens (including phenoxy) is 4. The summed E-state index contributed by atoms with van der Waals surface area (Å²) in [6, 6.07) is 0. The first-order valence-electron chi connectivity index (χ1n) is 17.2. The molecule has 0 aromatic rings. The summed E-state index contributed by atoms with van der Waals surface area (Å²) >= 11 is 0. The van der Waals surface area contributed by atoms with E-state index in [1.165, 1.54) is 31.8 Å². The molecule has 0 aromatic carbocycles. The minimum atomic E-state index is -0.570. The number of hydrogen-bond acceptors (Lipinski definition) is 9. The van der Waals surface area contributed by atoms with Gasteiger partial charge >= 0.3 is 23.9 Å². The van der Waals surface area contributed by atoms with E-state index in [2.05, 4.69) is 26.7 Å². The quantitative estimate of drug-likeness (QED) is 0.200. The van der Waals surface area contributed by atoms with Gasteiger partial charge in [0.05, 0.1) is 11.5 Å². The summed E-state index contributed by atoms with van der Waals surface area (Å²) in [5, 5.41) is 10.5. The van der Waals surface area contributed by atoms with Gasteiger partial charge in [-0.25, -0.2) is 14.4 Å². The van der Waals surface area contributed by atoms with E-state index < -0.39 is 11.2 Å². The van der Waals surface area contributed by atoms with Crippen LogP contribution < -0.4 is 0 Å². The fourth-order valence-corrected chi connectivity index (χ4v) is 9.80. The molecule has 0 radical (unpaired) electrons. The third-order valence-corrected chi connectivity index (χ3v) is 11.5. The van der Waals surface area contributed by atoms with E-state index in [4.69, 9.17) is 18.9 Å². The van der Waals surface area contributed by atoms with Crippen LogP contribution in [0.25, 0.3) is 0 Å². The molecule has 7 aliphatic carbocycles. The van der Waals surface area contributed by atoms with Crippen molar-refractivity contribution in [2.75, 3.05) is 0 Å². The smallest absolute Gasteiger partial charge is 0.333 e. The molecular formula is C37H52O9. The average molecular weight is 641 g/mol. The van der Waals surface area contributed by atoms with Crippen LogP contribution in [0.4, 0.5) is 0 Å². The predicted octanol–water partition coefficient (Wildman–Crippen LogP) is 6.07. The molecule has 254 valence electrons. The first kappa shape index (κ1) is 34.4. The molecule has 7 saturated carbocycles. The summed E-state index contributed by atoms with van der Waals surface area (Å²) in [5.41, 5.74) is -0.297. The molecule has 6 bridgehead atoms. The highest BCUT2D eigenvalue weighted by Crippen LogP contribution is 2.59. The number of rotatable bonds is 7. The Kier molecular flexibility index (Phi) is 9.93. The Morgan fingerprint density at radius 2 is 1.57 bits per heavy atom. The maximum absolute atomic E-state index is 11.7. The minimum absolute atomic E-state index is 0.0646. The van der Waals surface area contributed by atoms with Crippen LogP contribution in [-0.2, 0) is 38.1 Å². The molecule has 8 rings (SSSR count). The molecule has 1 N–H and O–H groups in total. The maximum Gasteiger partial charge on any atom is 0.333 e. The molecule has 0 aromatic heterocycles. The molecule has 9 heteroatoms. The number of fused-ring (bicyclic) bond motifs is 1. The standard InChI is InChI=1S/C14H20O3.C12H14O4.C11H18O2/c1-9(2)12(15)17-14-6-10-3-11(7-14)5-13(16,4-10)8-14;1-5(2)11(13)15-9-6-3-7-8(4-6)12(14)16-10(7)9;1-3-10(12)13-11(4-2)8-6-5-7-9-11/h10-11,16H,1,3-8H2,2H3;6-10H,1,3-4H2,2H3;3H,1,4-9H2,2H3. The van der Waals surface area contributed by atoms with Crippen molar-refractivity contribution >= 4 is 23.9 Å². The second kappa shape index (κ2) is 13.3. The van der Waals surface area contributed by atoms with Crippen molar-refractivity contribution < 1.29 is 43.2 Å². The Balaban J connectivity index is 0.000000137. The molecule has 0 spiro atoms. The SMILES string of the molecule is C=C(C)C(=O)OC12CC3CC(CC(O)(C3)C1)C2.C=C(C)C(=O)OC1C2CC3C(=O)OC1C3C2.C=CC(=O)OC1(CC)CCCCC1. The average Bonchev–Trinajstić information content (AvgIpc) is 3.62. The lowest BCUT2D eigenvalue weighted by molar-refractivity contribution is -0.217. The first-order chi connectivity index (χ1) is 21.7. The van der Waals surface area contributed by atoms with Crippen molar-refractivity contribution in [1.29, 1.82) is 0 Å². The third kappa shape index (κ3) is 7.14. The molecule has 7 unspecified atom stereocenters. The number of esters is 4. The fraction of sp³-hybridized carbons (Fsp3) is 0.730. The molecule has 1 aliphatic heterocycles. The van der Waals surface area contributed by atoms with Gasteiger partial charge in [0.1, 0.15) is 23.4 Å². The second-order valence-electron chi connectivity index (χ2n) is 15.3. The topological polar surface area (TPSA) is 125 Å². The van der Waals surface area contributed by atoms with E-state index >= 15 is 0 Å². The van der Waals surface area contributed by atoms with Crippen LogP contribution in [0.3, 0.4) is 0 Å². The van der Waals surface area contributed by atoms with Crippen molar-refractivity contribution in [3.63, 3.8) is 0 Å². The molecular weight excluding hydrogens is 588 g/mol. The van der Waals surface area contributed by atoms with E-state index in [0.717, 1.165) is 57.8 Å². The largest absolute Gasteiger partial charge is 0.458 e. The van der Waals surface area contributed by atoms with Gasteiger partial charge in [-0.15, -0.1) is 0 Å². The minimum Gasteiger partial charge on any atom is -0.458 e. The van der Waals surface area contributed by atoms with Crippen LogP contribution in [0, 0.1) is 29.6 Å². The summed E-state index contributed by atoms with van der Waals surface area (Å²) in [5.74, 6) is 0.672. The zero-order valence-electron chi connectivity index (χ0n) is 27.9. The Morgan fingerprint density at radius 3 is 2.11 bits per heavy atom. The normalized spacial score (nSPS) is 38.3. The van der Waals surface area contributed by atoms with Gasteiger partial charge in [0.25, 0.3) is 0 Å². The third-order valence-electron chi connectivity index (χ3n) is 11.5. The van der Waals surface area contributed by atoms with E-state index in [-0.39, 0.29) is 53.5 Å². The Morgan fingerprint density at radius 1 is 0.935 bits per heavy atom. The number of aliphatic hydroxyl groups is 1. The highest BCUT2D eigenvalue weighted by atomic mass is 16.6. The lowest BCUT2D eigenvalue weighted by atomic mass is 9.52. The molecule has 0 amide bonds. The van der Waals surface area contributed by atoms with Crippen molar-refractivity contribution in [3.8, 4) is 0 Å². The summed E-state index contributed by atoms with van der Waals surface area (Å²) in [6.45, 7) is 16.0. The highest BCUT2D eigenvalue weighted by Gasteiger charge is 2.63. The molecule has 8 aliphatic rings. The highest BCUT2D eigenvalue weighted by molar-refractivity contribution is 5.88. The Bertz CT molecular complexity index is 1250. The van der Waals surface area contributed by atoms with Crippen molar-refractivity contribution in [2.24, 2.45) is 29.6 Å². The van der Waals surface area contributed by atoms with Gasteiger partial charge in [-0.3, -0.25) is 4.79 Å². The molecule has 1 heterocycles. The van der Waals surface area contributed by atoms with Crippen LogP contribution in [-0.4, -0.2) is 58.0 Å². The lowest BCUT2D eigenvalue weighted by Crippen LogP contribution is -2.60. The van der Waals surface area contributed by atoms with Gasteiger partial charge in [-0.05, 0) is 103 Å². The van der Waals surface area contributed by atoms with Gasteiger partial charge in [0, 0.05) is 35.5 Å². The van der Waals surface area contributed by atoms with Crippen LogP contribution in [0.2, 0.25) is 0 Å². The van der Waals surface area contributed by atoms with Crippen LogP contribution >= 0.6 is 0 Å². The van der Waals surface area contributed by atoms with Crippen LogP contribution in [0.1, 0.15) is 111 Å². The number of hydrogen-bond donors (Lipinski definition) is 1. The van der Waals surface area contributed by atoms with Crippen molar-refractivity contribution in [3.05, 3.63) is 37.0 Å². The fourth-order valence-electron chi connectivity index (χ4n) is 9.80. The van der Waals surface area contributed by atoms with Crippen molar-refractivity contribution in [1.82, 2.24) is 0 Å². The number of carbonyl (C=O) groups excluding carboxylic acids is 4. The lowest BCUT2D eigenvalue weighted by Gasteiger charge is -2.59. The Hall–Kier alpha value is -2.94.